The third-order valence-electron chi connectivity index (χ3n) is 0. The number of hydrogen-bond donors (Lipinski definition) is 1. The summed E-state index contributed by atoms with van der Waals surface area (Å²) < 4.78 is 25.6. The van der Waals surface area contributed by atoms with E-state index in [1.807, 2.05) is 19.4 Å². The van der Waals surface area contributed by atoms with Gasteiger partial charge in [0.25, 0.3) is 0 Å². The SMILES string of the molecule is C[NH2+]C.[Cl-].[O]=[Cr](=[O])=[O]. The molecule has 0 fully saturated rings. The molecule has 8 heavy (non-hydrogen) atoms. The molecule has 0 heterocycles. The Balaban J connectivity index is -0.0000000575. The molecule has 0 saturated heterocycles. The van der Waals surface area contributed by atoms with Crippen LogP contribution < -0.4 is 17.7 Å². The molecule has 0 aromatic heterocycles. The van der Waals surface area contributed by atoms with Crippen molar-refractivity contribution in [2.24, 2.45) is 0 Å². The molecular formula is C2H8ClCrNO3. The monoisotopic (exact) mass is 181 g/mol. The van der Waals surface area contributed by atoms with Gasteiger partial charge in [-0.3, -0.25) is 0 Å². The normalized spacial score (nSPS) is 5.25. The van der Waals surface area contributed by atoms with Gasteiger partial charge in [-0.2, -0.15) is 0 Å². The van der Waals surface area contributed by atoms with E-state index in [1.54, 1.807) is 0 Å². The Labute approximate surface area is 57.7 Å². The van der Waals surface area contributed by atoms with Gasteiger partial charge in [0.15, 0.2) is 0 Å². The van der Waals surface area contributed by atoms with Crippen molar-refractivity contribution in [2.45, 2.75) is 0 Å². The minimum absolute atomic E-state index is 0. The van der Waals surface area contributed by atoms with Crippen LogP contribution in [0.1, 0.15) is 0 Å². The zero-order valence-electron chi connectivity index (χ0n) is 4.59. The molecule has 6 heteroatoms. The van der Waals surface area contributed by atoms with Gasteiger partial charge < -0.3 is 17.7 Å². The Morgan fingerprint density at radius 2 is 1.12 bits per heavy atom. The maximum absolute atomic E-state index is 8.54. The molecule has 0 saturated carbocycles. The second-order valence-electron chi connectivity index (χ2n) is 0.781. The second-order valence-corrected chi connectivity index (χ2v) is 1.42. The van der Waals surface area contributed by atoms with Crippen LogP contribution in [0.25, 0.3) is 0 Å². The first-order chi connectivity index (χ1) is 3.15. The van der Waals surface area contributed by atoms with Crippen LogP contribution in [-0.4, -0.2) is 14.1 Å². The van der Waals surface area contributed by atoms with Crippen molar-refractivity contribution in [1.29, 1.82) is 0 Å². The van der Waals surface area contributed by atoms with E-state index >= 15 is 0 Å². The molecule has 52 valence electrons. The quantitative estimate of drug-likeness (QED) is 0.409. The van der Waals surface area contributed by atoms with Crippen molar-refractivity contribution >= 4 is 0 Å². The molecule has 0 aliphatic carbocycles. The molecule has 0 bridgehead atoms. The first-order valence-electron chi connectivity index (χ1n) is 1.65. The third-order valence-corrected chi connectivity index (χ3v) is 0. The first kappa shape index (κ1) is 15.7. The summed E-state index contributed by atoms with van der Waals surface area (Å²) in [5.41, 5.74) is 0. The molecule has 0 spiro atoms. The summed E-state index contributed by atoms with van der Waals surface area (Å²) >= 11 is -3.79. The van der Waals surface area contributed by atoms with Gasteiger partial charge in [0.05, 0.1) is 14.1 Å². The van der Waals surface area contributed by atoms with Gasteiger partial charge in [0.1, 0.15) is 0 Å². The summed E-state index contributed by atoms with van der Waals surface area (Å²) in [6.07, 6.45) is 0. The fraction of sp³-hybridized carbons (Fsp3) is 1.00. The average Bonchev–Trinajstić information content (AvgIpc) is 1.33. The predicted molar refractivity (Wildman–Crippen MR) is 15.8 cm³/mol. The summed E-state index contributed by atoms with van der Waals surface area (Å²) in [4.78, 5) is 0. The molecule has 2 N–H and O–H groups in total. The predicted octanol–water partition coefficient (Wildman–Crippen LogP) is -4.55. The number of hydrogen-bond acceptors (Lipinski definition) is 3. The third kappa shape index (κ3) is 4990. The van der Waals surface area contributed by atoms with Crippen LogP contribution in [-0.2, 0) is 25.4 Å². The molecular weight excluding hydrogens is 173 g/mol. The van der Waals surface area contributed by atoms with Gasteiger partial charge in [-0.05, 0) is 0 Å². The summed E-state index contributed by atoms with van der Waals surface area (Å²) in [6.45, 7) is 0. The number of halogens is 1. The molecule has 0 aromatic rings. The number of quaternary nitrogens is 1. The van der Waals surface area contributed by atoms with Gasteiger partial charge in [0, 0.05) is 0 Å². The molecule has 0 aliphatic heterocycles. The van der Waals surface area contributed by atoms with E-state index < -0.39 is 14.0 Å². The fourth-order valence-corrected chi connectivity index (χ4v) is 0. The first-order valence-corrected chi connectivity index (χ1v) is 3.22. The second kappa shape index (κ2) is 15.7. The Morgan fingerprint density at radius 1 is 1.12 bits per heavy atom. The van der Waals surface area contributed by atoms with Gasteiger partial charge in [-0.25, -0.2) is 0 Å². The molecule has 4 nitrogen and oxygen atoms in total. The maximum atomic E-state index is 8.54. The Morgan fingerprint density at radius 3 is 1.12 bits per heavy atom. The van der Waals surface area contributed by atoms with Crippen LogP contribution in [0.5, 0.6) is 0 Å². The van der Waals surface area contributed by atoms with E-state index in [9.17, 15) is 0 Å². The topological polar surface area (TPSA) is 67.8 Å². The van der Waals surface area contributed by atoms with Crippen LogP contribution in [0.2, 0.25) is 0 Å². The molecule has 0 atom stereocenters. The van der Waals surface area contributed by atoms with E-state index in [1.165, 1.54) is 0 Å². The van der Waals surface area contributed by atoms with Crippen molar-refractivity contribution in [2.75, 3.05) is 14.1 Å². The zero-order chi connectivity index (χ0) is 6.28. The van der Waals surface area contributed by atoms with Gasteiger partial charge in [-0.15, -0.1) is 0 Å². The molecule has 0 rings (SSSR count). The number of nitrogens with two attached hydrogens (primary N) is 1. The van der Waals surface area contributed by atoms with E-state index in [-0.39, 0.29) is 12.4 Å². The zero-order valence-corrected chi connectivity index (χ0v) is 6.62. The van der Waals surface area contributed by atoms with Crippen molar-refractivity contribution in [3.05, 3.63) is 0 Å². The molecule has 0 radical (unpaired) electrons. The van der Waals surface area contributed by atoms with Crippen molar-refractivity contribution < 1.29 is 43.1 Å². The van der Waals surface area contributed by atoms with E-state index in [4.69, 9.17) is 11.4 Å². The van der Waals surface area contributed by atoms with Crippen molar-refractivity contribution in [3.8, 4) is 0 Å². The van der Waals surface area contributed by atoms with Crippen LogP contribution in [0.3, 0.4) is 0 Å². The van der Waals surface area contributed by atoms with Crippen LogP contribution >= 0.6 is 0 Å². The summed E-state index contributed by atoms with van der Waals surface area (Å²) in [5.74, 6) is 0. The Kier molecular flexibility index (Phi) is 30.8. The summed E-state index contributed by atoms with van der Waals surface area (Å²) in [6, 6.07) is 0. The van der Waals surface area contributed by atoms with Crippen LogP contribution in [0.15, 0.2) is 0 Å². The standard InChI is InChI=1S/C2H7N.ClH.Cr.3O/c1-3-2;;;;;/h3H,1-2H3;1H;;;;. The van der Waals surface area contributed by atoms with E-state index in [0.717, 1.165) is 0 Å². The van der Waals surface area contributed by atoms with E-state index in [0.29, 0.717) is 0 Å². The summed E-state index contributed by atoms with van der Waals surface area (Å²) in [7, 11) is 4.00. The molecule has 0 unspecified atom stereocenters. The molecule has 0 amide bonds. The number of rotatable bonds is 0. The van der Waals surface area contributed by atoms with Gasteiger partial charge in [-0.1, -0.05) is 0 Å². The Hall–Kier alpha value is 0.182. The summed E-state index contributed by atoms with van der Waals surface area (Å²) in [5, 5.41) is 2.00. The van der Waals surface area contributed by atoms with Crippen molar-refractivity contribution in [3.63, 3.8) is 0 Å². The van der Waals surface area contributed by atoms with Crippen molar-refractivity contribution in [1.82, 2.24) is 0 Å². The minimum atomic E-state index is -3.79. The van der Waals surface area contributed by atoms with Gasteiger partial charge >= 0.3 is 25.4 Å². The van der Waals surface area contributed by atoms with Crippen LogP contribution in [0.4, 0.5) is 0 Å². The van der Waals surface area contributed by atoms with Crippen LogP contribution in [0, 0.1) is 0 Å². The Bertz CT molecular complexity index is 97.5. The average molecular weight is 182 g/mol. The van der Waals surface area contributed by atoms with Gasteiger partial charge in [0.2, 0.25) is 0 Å². The fourth-order valence-electron chi connectivity index (χ4n) is 0. The van der Waals surface area contributed by atoms with E-state index in [2.05, 4.69) is 0 Å². The molecule has 0 aliphatic rings. The molecule has 0 aromatic carbocycles.